The van der Waals surface area contributed by atoms with E-state index >= 15 is 0 Å². The average Bonchev–Trinajstić information content (AvgIpc) is 2.54. The standard InChI is InChI=1S/C14H19N3O/c1-9(2)18-14(16)6-10-8-17(3)13-7-11(15)4-5-12(10)13/h4-5,7-9,16H,6,15H2,1-3H3. The van der Waals surface area contributed by atoms with Crippen molar-refractivity contribution in [1.29, 1.82) is 5.41 Å². The van der Waals surface area contributed by atoms with E-state index in [1.54, 1.807) is 0 Å². The van der Waals surface area contributed by atoms with Crippen molar-refractivity contribution in [2.24, 2.45) is 7.05 Å². The lowest BCUT2D eigenvalue weighted by atomic mass is 10.1. The summed E-state index contributed by atoms with van der Waals surface area (Å²) in [4.78, 5) is 0. The van der Waals surface area contributed by atoms with Crippen molar-refractivity contribution in [2.75, 3.05) is 5.73 Å². The Morgan fingerprint density at radius 1 is 1.44 bits per heavy atom. The lowest BCUT2D eigenvalue weighted by Crippen LogP contribution is -2.12. The first kappa shape index (κ1) is 12.5. The van der Waals surface area contributed by atoms with Gasteiger partial charge in [-0.15, -0.1) is 0 Å². The van der Waals surface area contributed by atoms with Crippen LogP contribution in [0.1, 0.15) is 19.4 Å². The molecule has 3 N–H and O–H groups in total. The van der Waals surface area contributed by atoms with Gasteiger partial charge in [-0.2, -0.15) is 0 Å². The van der Waals surface area contributed by atoms with Gasteiger partial charge in [0.2, 0.25) is 0 Å². The minimum Gasteiger partial charge on any atom is -0.478 e. The van der Waals surface area contributed by atoms with E-state index in [2.05, 4.69) is 0 Å². The zero-order valence-electron chi connectivity index (χ0n) is 11.0. The summed E-state index contributed by atoms with van der Waals surface area (Å²) in [5, 5.41) is 8.96. The number of rotatable bonds is 3. The number of ether oxygens (including phenoxy) is 1. The van der Waals surface area contributed by atoms with Gasteiger partial charge in [0.1, 0.15) is 0 Å². The summed E-state index contributed by atoms with van der Waals surface area (Å²) in [5.41, 5.74) is 8.72. The Labute approximate surface area is 107 Å². The highest BCUT2D eigenvalue weighted by molar-refractivity contribution is 5.90. The summed E-state index contributed by atoms with van der Waals surface area (Å²) in [6, 6.07) is 5.84. The predicted octanol–water partition coefficient (Wildman–Crippen LogP) is 2.71. The second-order valence-corrected chi connectivity index (χ2v) is 4.81. The zero-order valence-corrected chi connectivity index (χ0v) is 11.0. The molecule has 0 radical (unpaired) electrons. The highest BCUT2D eigenvalue weighted by Gasteiger charge is 2.10. The van der Waals surface area contributed by atoms with Gasteiger partial charge in [-0.1, -0.05) is 6.07 Å². The molecule has 18 heavy (non-hydrogen) atoms. The predicted molar refractivity (Wildman–Crippen MR) is 75.0 cm³/mol. The molecule has 4 nitrogen and oxygen atoms in total. The Hall–Kier alpha value is -1.97. The molecule has 0 aliphatic heterocycles. The van der Waals surface area contributed by atoms with Crippen molar-refractivity contribution in [2.45, 2.75) is 26.4 Å². The van der Waals surface area contributed by atoms with E-state index in [1.807, 2.05) is 49.9 Å². The minimum atomic E-state index is 0.0446. The van der Waals surface area contributed by atoms with E-state index in [-0.39, 0.29) is 6.10 Å². The van der Waals surface area contributed by atoms with Crippen LogP contribution in [-0.4, -0.2) is 16.6 Å². The molecule has 2 rings (SSSR count). The van der Waals surface area contributed by atoms with E-state index in [0.717, 1.165) is 22.2 Å². The fourth-order valence-corrected chi connectivity index (χ4v) is 2.12. The summed E-state index contributed by atoms with van der Waals surface area (Å²) in [5.74, 6) is 0.300. The number of aromatic nitrogens is 1. The molecular formula is C14H19N3O. The van der Waals surface area contributed by atoms with Crippen molar-refractivity contribution in [3.63, 3.8) is 0 Å². The van der Waals surface area contributed by atoms with Crippen LogP contribution in [0.5, 0.6) is 0 Å². The maximum Gasteiger partial charge on any atom is 0.185 e. The van der Waals surface area contributed by atoms with Crippen molar-refractivity contribution < 1.29 is 4.74 Å². The summed E-state index contributed by atoms with van der Waals surface area (Å²) in [6.45, 7) is 3.86. The SMILES string of the molecule is CC(C)OC(=N)Cc1cn(C)c2cc(N)ccc12. The molecule has 0 bridgehead atoms. The molecule has 0 aliphatic carbocycles. The molecule has 0 aliphatic rings. The number of anilines is 1. The van der Waals surface area contributed by atoms with Gasteiger partial charge >= 0.3 is 0 Å². The third-order valence-corrected chi connectivity index (χ3v) is 2.83. The van der Waals surface area contributed by atoms with E-state index in [0.29, 0.717) is 12.3 Å². The van der Waals surface area contributed by atoms with Gasteiger partial charge in [0.25, 0.3) is 0 Å². The molecule has 0 spiro atoms. The fourth-order valence-electron chi connectivity index (χ4n) is 2.12. The van der Waals surface area contributed by atoms with E-state index < -0.39 is 0 Å². The van der Waals surface area contributed by atoms with Gasteiger partial charge < -0.3 is 15.0 Å². The first-order valence-corrected chi connectivity index (χ1v) is 6.05. The second kappa shape index (κ2) is 4.72. The molecule has 1 aromatic carbocycles. The van der Waals surface area contributed by atoms with Crippen LogP contribution in [0.4, 0.5) is 5.69 Å². The maximum absolute atomic E-state index is 7.83. The van der Waals surface area contributed by atoms with Crippen LogP contribution < -0.4 is 5.73 Å². The highest BCUT2D eigenvalue weighted by atomic mass is 16.5. The normalized spacial score (nSPS) is 11.1. The van der Waals surface area contributed by atoms with Crippen LogP contribution in [0.3, 0.4) is 0 Å². The minimum absolute atomic E-state index is 0.0446. The number of fused-ring (bicyclic) bond motifs is 1. The third kappa shape index (κ3) is 2.47. The Morgan fingerprint density at radius 2 is 2.17 bits per heavy atom. The van der Waals surface area contributed by atoms with Gasteiger partial charge in [0, 0.05) is 24.3 Å². The average molecular weight is 245 g/mol. The molecule has 1 heterocycles. The number of nitrogen functional groups attached to an aromatic ring is 1. The molecule has 0 saturated carbocycles. The van der Waals surface area contributed by atoms with Gasteiger partial charge in [-0.3, -0.25) is 5.41 Å². The molecule has 0 atom stereocenters. The number of nitrogens with zero attached hydrogens (tertiary/aromatic N) is 1. The summed E-state index contributed by atoms with van der Waals surface area (Å²) < 4.78 is 7.42. The van der Waals surface area contributed by atoms with E-state index in [9.17, 15) is 0 Å². The smallest absolute Gasteiger partial charge is 0.185 e. The molecule has 2 aromatic rings. The van der Waals surface area contributed by atoms with Crippen LogP contribution in [0.15, 0.2) is 24.4 Å². The topological polar surface area (TPSA) is 64.0 Å². The summed E-state index contributed by atoms with van der Waals surface area (Å²) in [7, 11) is 1.98. The fraction of sp³-hybridized carbons (Fsp3) is 0.357. The second-order valence-electron chi connectivity index (χ2n) is 4.81. The van der Waals surface area contributed by atoms with Crippen molar-refractivity contribution in [1.82, 2.24) is 4.57 Å². The molecule has 0 fully saturated rings. The quantitative estimate of drug-likeness (QED) is 0.496. The number of aryl methyl sites for hydroxylation is 1. The molecule has 0 saturated heterocycles. The molecule has 1 aromatic heterocycles. The number of hydrogen-bond donors (Lipinski definition) is 2. The molecule has 4 heteroatoms. The van der Waals surface area contributed by atoms with Gasteiger partial charge in [-0.05, 0) is 31.5 Å². The molecule has 0 amide bonds. The van der Waals surface area contributed by atoms with Crippen molar-refractivity contribution >= 4 is 22.5 Å². The lowest BCUT2D eigenvalue weighted by molar-refractivity contribution is 0.221. The summed E-state index contributed by atoms with van der Waals surface area (Å²) >= 11 is 0. The molecular weight excluding hydrogens is 226 g/mol. The number of nitrogens with one attached hydrogen (secondary N) is 1. The number of nitrogens with two attached hydrogens (primary N) is 1. The van der Waals surface area contributed by atoms with Gasteiger partial charge in [-0.25, -0.2) is 0 Å². The molecule has 96 valence electrons. The molecule has 0 unspecified atom stereocenters. The first-order valence-electron chi connectivity index (χ1n) is 6.05. The van der Waals surface area contributed by atoms with Crippen LogP contribution in [0.25, 0.3) is 10.9 Å². The Kier molecular flexibility index (Phi) is 3.28. The third-order valence-electron chi connectivity index (χ3n) is 2.83. The summed E-state index contributed by atoms with van der Waals surface area (Å²) in [6.07, 6.45) is 2.59. The van der Waals surface area contributed by atoms with Crippen molar-refractivity contribution in [3.05, 3.63) is 30.0 Å². The van der Waals surface area contributed by atoms with E-state index in [1.165, 1.54) is 0 Å². The monoisotopic (exact) mass is 245 g/mol. The zero-order chi connectivity index (χ0) is 13.3. The number of hydrogen-bond acceptors (Lipinski definition) is 3. The first-order chi connectivity index (χ1) is 8.47. The largest absolute Gasteiger partial charge is 0.478 e. The van der Waals surface area contributed by atoms with Gasteiger partial charge in [0.15, 0.2) is 5.90 Å². The maximum atomic E-state index is 7.83. The van der Waals surface area contributed by atoms with Crippen molar-refractivity contribution in [3.8, 4) is 0 Å². The van der Waals surface area contributed by atoms with E-state index in [4.69, 9.17) is 15.9 Å². The highest BCUT2D eigenvalue weighted by Crippen LogP contribution is 2.23. The Morgan fingerprint density at radius 3 is 2.83 bits per heavy atom. The van der Waals surface area contributed by atoms with Crippen LogP contribution in [0.2, 0.25) is 0 Å². The Balaban J connectivity index is 2.32. The Bertz CT molecular complexity index is 584. The number of benzene rings is 1. The van der Waals surface area contributed by atoms with Crippen LogP contribution in [0, 0.1) is 5.41 Å². The van der Waals surface area contributed by atoms with Gasteiger partial charge in [0.05, 0.1) is 18.0 Å². The van der Waals surface area contributed by atoms with Crippen LogP contribution in [-0.2, 0) is 18.2 Å². The van der Waals surface area contributed by atoms with Crippen LogP contribution >= 0.6 is 0 Å². The lowest BCUT2D eigenvalue weighted by Gasteiger charge is -2.09.